The smallest absolute Gasteiger partial charge is 1.00 e. The van der Waals surface area contributed by atoms with Crippen LogP contribution < -0.4 is 45.6 Å². The van der Waals surface area contributed by atoms with Gasteiger partial charge in [-0.25, -0.2) is 8.78 Å². The zero-order chi connectivity index (χ0) is 34.8. The van der Waals surface area contributed by atoms with E-state index in [4.69, 9.17) is 0 Å². The number of aromatic nitrogens is 5. The Balaban J connectivity index is 0.000000291. The Bertz CT molecular complexity index is 1920. The minimum atomic E-state index is -1.67. The molecule has 6 heterocycles. The molecule has 7 rings (SSSR count). The largest absolute Gasteiger partial charge is 3.00 e. The fraction of sp³-hybridized carbons (Fsp3) is 0.189. The van der Waals surface area contributed by atoms with E-state index >= 15 is 4.39 Å². The number of piperazine rings is 1. The van der Waals surface area contributed by atoms with Gasteiger partial charge in [0.2, 0.25) is 0 Å². The van der Waals surface area contributed by atoms with Crippen LogP contribution in [0.2, 0.25) is 0 Å². The van der Waals surface area contributed by atoms with Gasteiger partial charge in [0.15, 0.2) is 11.2 Å². The van der Waals surface area contributed by atoms with Gasteiger partial charge in [0, 0.05) is 63.2 Å². The molecule has 1 unspecified atom stereocenters. The van der Waals surface area contributed by atoms with E-state index in [9.17, 15) is 19.1 Å². The second-order valence-electron chi connectivity index (χ2n) is 11.0. The molecule has 0 aliphatic carbocycles. The number of carboxylic acids is 1. The quantitative estimate of drug-likeness (QED) is 0.212. The Kier molecular flexibility index (Phi) is 17.6. The number of aryl methyl sites for hydroxylation is 1. The first-order valence-electron chi connectivity index (χ1n) is 15.7. The fourth-order valence-electron chi connectivity index (χ4n) is 5.35. The Morgan fingerprint density at radius 1 is 0.846 bits per heavy atom. The monoisotopic (exact) mass is 834 g/mol. The van der Waals surface area contributed by atoms with Crippen LogP contribution in [0.15, 0.2) is 115 Å². The molecule has 0 amide bonds. The molecule has 1 fully saturated rings. The number of anilines is 1. The Hall–Kier alpha value is -4.68. The molecule has 1 saturated heterocycles. The molecule has 271 valence electrons. The topological polar surface area (TPSA) is 129 Å². The summed E-state index contributed by atoms with van der Waals surface area (Å²) in [4.78, 5) is 41.8. The number of hydrogen-bond acceptors (Lipinski definition) is 9. The number of benzene rings is 1. The van der Waals surface area contributed by atoms with Crippen molar-refractivity contribution in [2.24, 2.45) is 0 Å². The number of hydrogen-bond donors (Lipinski definition) is 1. The van der Waals surface area contributed by atoms with E-state index in [0.29, 0.717) is 19.6 Å². The molecule has 1 aliphatic rings. The molecule has 0 spiro atoms. The van der Waals surface area contributed by atoms with Crippen molar-refractivity contribution in [3.63, 3.8) is 0 Å². The first-order valence-corrected chi connectivity index (χ1v) is 15.7. The molecule has 10 nitrogen and oxygen atoms in total. The maximum absolute atomic E-state index is 15.2. The zero-order valence-electron chi connectivity index (χ0n) is 28.1. The third-order valence-corrected chi connectivity index (χ3v) is 7.66. The number of rotatable bonds is 5. The van der Waals surface area contributed by atoms with Gasteiger partial charge in [0.1, 0.15) is 11.5 Å². The van der Waals surface area contributed by atoms with Gasteiger partial charge in [-0.3, -0.25) is 24.7 Å². The Morgan fingerprint density at radius 3 is 1.67 bits per heavy atom. The molecular formula is C37H34Cl2F2N7O3Ru. The van der Waals surface area contributed by atoms with Gasteiger partial charge in [-0.1, -0.05) is 24.3 Å². The summed E-state index contributed by atoms with van der Waals surface area (Å²) in [5.41, 5.74) is 1.81. The maximum atomic E-state index is 15.2. The molecule has 1 atom stereocenters. The standard InChI is InChI=1S/C17H19F2N3O3.2C10H8N2.2ClH.Ru/c1-3-21-8-11(17(24)25)16(23)10-6-12(18)15(13(19)14(10)21)22-5-4-20-9(2)7-22;2*1-3-7-11-9(5-1)10-6-2-4-8-12-10;;;/h6,8-9,20H,3-5,7H2,1-2H3,(H,24,25);2*1-8H;2*1H;/q;;;;;+3/p-3. The van der Waals surface area contributed by atoms with Crippen molar-refractivity contribution < 1.29 is 63.0 Å². The molecule has 15 heteroatoms. The van der Waals surface area contributed by atoms with Crippen LogP contribution in [-0.4, -0.2) is 56.1 Å². The number of nitrogens with one attached hydrogen (secondary N) is 1. The molecule has 6 aromatic rings. The minimum Gasteiger partial charge on any atom is -1.00 e. The molecule has 5 aromatic heterocycles. The van der Waals surface area contributed by atoms with Crippen molar-refractivity contribution in [2.45, 2.75) is 26.4 Å². The molecule has 0 saturated carbocycles. The number of aromatic carboxylic acids is 1. The molecule has 1 N–H and O–H groups in total. The van der Waals surface area contributed by atoms with Crippen molar-refractivity contribution in [3.05, 3.63) is 137 Å². The summed E-state index contributed by atoms with van der Waals surface area (Å²) >= 11 is 0. The average Bonchev–Trinajstić information content (AvgIpc) is 3.14. The normalized spacial score (nSPS) is 13.1. The second-order valence-corrected chi connectivity index (χ2v) is 11.0. The summed E-state index contributed by atoms with van der Waals surface area (Å²) in [6.07, 6.45) is 8.12. The van der Waals surface area contributed by atoms with Crippen LogP contribution in [0.1, 0.15) is 24.2 Å². The van der Waals surface area contributed by atoms with Crippen LogP contribution in [0.3, 0.4) is 0 Å². The predicted octanol–water partition coefficient (Wildman–Crippen LogP) is -1.25. The number of halogens is 4. The van der Waals surface area contributed by atoms with Crippen LogP contribution in [0, 0.1) is 11.6 Å². The molecule has 1 aliphatic heterocycles. The van der Waals surface area contributed by atoms with Gasteiger partial charge in [-0.05, 0) is 68.4 Å². The van der Waals surface area contributed by atoms with Crippen LogP contribution in [-0.2, 0) is 26.0 Å². The summed E-state index contributed by atoms with van der Waals surface area (Å²) in [6.45, 7) is 5.25. The number of pyridine rings is 5. The third-order valence-electron chi connectivity index (χ3n) is 7.66. The SMILES string of the molecule is CCn1cc(C(=O)[O-])c(=O)c2cc(F)c(N3CCNC(C)C3)c(F)c21.[Cl-].[Cl-].[Ru+3].c1ccc(-c2ccccn2)nc1.c1ccc(-c2ccccn2)nc1. The Morgan fingerprint density at radius 2 is 1.31 bits per heavy atom. The summed E-state index contributed by atoms with van der Waals surface area (Å²) in [6, 6.07) is 24.2. The summed E-state index contributed by atoms with van der Waals surface area (Å²) < 4.78 is 31.1. The van der Waals surface area contributed by atoms with Crippen molar-refractivity contribution in [1.82, 2.24) is 29.8 Å². The molecule has 1 radical (unpaired) electrons. The first kappa shape index (κ1) is 43.5. The number of nitrogens with zero attached hydrogens (tertiary/aromatic N) is 6. The van der Waals surface area contributed by atoms with E-state index < -0.39 is 28.6 Å². The maximum Gasteiger partial charge on any atom is 3.00 e. The van der Waals surface area contributed by atoms with Gasteiger partial charge in [0.25, 0.3) is 0 Å². The van der Waals surface area contributed by atoms with Crippen molar-refractivity contribution in [1.29, 1.82) is 0 Å². The van der Waals surface area contributed by atoms with Gasteiger partial charge >= 0.3 is 19.5 Å². The zero-order valence-corrected chi connectivity index (χ0v) is 31.3. The van der Waals surface area contributed by atoms with Gasteiger partial charge < -0.3 is 49.5 Å². The van der Waals surface area contributed by atoms with Crippen LogP contribution >= 0.6 is 0 Å². The van der Waals surface area contributed by atoms with Gasteiger partial charge in [-0.15, -0.1) is 0 Å². The number of carboxylic acid groups (broad SMARTS) is 1. The molecule has 1 aromatic carbocycles. The second kappa shape index (κ2) is 21.0. The van der Waals surface area contributed by atoms with E-state index in [1.54, 1.807) is 36.6 Å². The Labute approximate surface area is 325 Å². The first-order chi connectivity index (χ1) is 23.8. The van der Waals surface area contributed by atoms with E-state index in [1.165, 1.54) is 4.57 Å². The van der Waals surface area contributed by atoms with Crippen LogP contribution in [0.5, 0.6) is 0 Å². The van der Waals surface area contributed by atoms with Gasteiger partial charge in [-0.2, -0.15) is 0 Å². The van der Waals surface area contributed by atoms with Crippen molar-refractivity contribution in [2.75, 3.05) is 24.5 Å². The van der Waals surface area contributed by atoms with E-state index in [2.05, 4.69) is 25.3 Å². The molecule has 0 bridgehead atoms. The minimum absolute atomic E-state index is 0. The summed E-state index contributed by atoms with van der Waals surface area (Å²) in [5.74, 6) is -3.41. The molecular weight excluding hydrogens is 800 g/mol. The van der Waals surface area contributed by atoms with Crippen molar-refractivity contribution in [3.8, 4) is 22.8 Å². The number of fused-ring (bicyclic) bond motifs is 1. The number of carbonyl (C=O) groups excluding carboxylic acids is 1. The summed E-state index contributed by atoms with van der Waals surface area (Å²) in [5, 5.41) is 14.0. The van der Waals surface area contributed by atoms with Crippen LogP contribution in [0.25, 0.3) is 33.7 Å². The fourth-order valence-corrected chi connectivity index (χ4v) is 5.35. The van der Waals surface area contributed by atoms with E-state index in [0.717, 1.165) is 35.0 Å². The van der Waals surface area contributed by atoms with Crippen molar-refractivity contribution >= 4 is 22.6 Å². The van der Waals surface area contributed by atoms with Gasteiger partial charge in [0.05, 0.1) is 45.2 Å². The number of carbonyl (C=O) groups is 1. The predicted molar refractivity (Wildman–Crippen MR) is 183 cm³/mol. The average molecular weight is 835 g/mol. The third kappa shape index (κ3) is 10.7. The van der Waals surface area contributed by atoms with E-state index in [-0.39, 0.29) is 73.5 Å². The van der Waals surface area contributed by atoms with E-state index in [1.807, 2.05) is 79.7 Å². The summed E-state index contributed by atoms with van der Waals surface area (Å²) in [7, 11) is 0. The molecule has 52 heavy (non-hydrogen) atoms. The van der Waals surface area contributed by atoms with Crippen LogP contribution in [0.4, 0.5) is 14.5 Å².